The Bertz CT molecular complexity index is 526. The van der Waals surface area contributed by atoms with E-state index < -0.39 is 23.8 Å². The van der Waals surface area contributed by atoms with Crippen molar-refractivity contribution in [2.45, 2.75) is 24.1 Å². The molecule has 0 radical (unpaired) electrons. The van der Waals surface area contributed by atoms with Crippen molar-refractivity contribution in [2.75, 3.05) is 0 Å². The van der Waals surface area contributed by atoms with Gasteiger partial charge in [-0.2, -0.15) is 4.90 Å². The first kappa shape index (κ1) is 13.7. The van der Waals surface area contributed by atoms with Crippen LogP contribution < -0.4 is 0 Å². The van der Waals surface area contributed by atoms with Gasteiger partial charge in [-0.15, -0.1) is 0 Å². The number of alkyl halides is 1. The zero-order valence-corrected chi connectivity index (χ0v) is 11.6. The summed E-state index contributed by atoms with van der Waals surface area (Å²) in [5.41, 5.74) is 1.81. The summed E-state index contributed by atoms with van der Waals surface area (Å²) in [6.45, 7) is 0. The Morgan fingerprint density at radius 3 is 2.47 bits per heavy atom. The molecule has 1 atom stereocenters. The van der Waals surface area contributed by atoms with Crippen LogP contribution in [-0.4, -0.2) is 27.9 Å². The van der Waals surface area contributed by atoms with Crippen LogP contribution in [0.25, 0.3) is 0 Å². The number of carboxylic acid groups (broad SMARTS) is 1. The molecule has 2 rings (SSSR count). The minimum Gasteiger partial charge on any atom is -0.464 e. The van der Waals surface area contributed by atoms with Gasteiger partial charge in [0.2, 0.25) is 11.8 Å². The molecule has 6 heteroatoms. The number of nitrogens with zero attached hydrogens (tertiary/aromatic N) is 1. The summed E-state index contributed by atoms with van der Waals surface area (Å²) in [5.74, 6) is -1.86. The highest BCUT2D eigenvalue weighted by Crippen LogP contribution is 2.29. The second-order valence-electron chi connectivity index (χ2n) is 4.32. The molecule has 0 aromatic heterocycles. The van der Waals surface area contributed by atoms with E-state index in [1.54, 1.807) is 12.1 Å². The van der Waals surface area contributed by atoms with E-state index in [0.29, 0.717) is 16.7 Å². The number of carbonyl (C=O) groups excluding carboxylic acids is 2. The van der Waals surface area contributed by atoms with Crippen molar-refractivity contribution in [3.05, 3.63) is 35.4 Å². The molecule has 0 bridgehead atoms. The second-order valence-corrected chi connectivity index (χ2v) is 4.88. The lowest BCUT2D eigenvalue weighted by Crippen LogP contribution is -2.47. The van der Waals surface area contributed by atoms with Gasteiger partial charge in [0.25, 0.3) is 0 Å². The van der Waals surface area contributed by atoms with Crippen LogP contribution in [0, 0.1) is 0 Å². The van der Waals surface area contributed by atoms with Gasteiger partial charge in [-0.05, 0) is 17.5 Å². The fourth-order valence-corrected chi connectivity index (χ4v) is 2.50. The number of piperidine rings is 1. The SMILES string of the molecule is O=C(O)N1C(=O)CCC(c2ccc(CBr)cc2)C1=O. The Morgan fingerprint density at radius 2 is 1.95 bits per heavy atom. The molecule has 1 fully saturated rings. The first-order valence-corrected chi connectivity index (χ1v) is 6.91. The van der Waals surface area contributed by atoms with Crippen molar-refractivity contribution in [3.63, 3.8) is 0 Å². The molecule has 3 amide bonds. The number of hydrogen-bond donors (Lipinski definition) is 1. The van der Waals surface area contributed by atoms with Crippen LogP contribution in [0.5, 0.6) is 0 Å². The minimum absolute atomic E-state index is 0.0723. The van der Waals surface area contributed by atoms with Crippen molar-refractivity contribution in [2.24, 2.45) is 0 Å². The lowest BCUT2D eigenvalue weighted by Gasteiger charge is -2.27. The van der Waals surface area contributed by atoms with Crippen LogP contribution in [0.4, 0.5) is 4.79 Å². The summed E-state index contributed by atoms with van der Waals surface area (Å²) in [5, 5.41) is 9.62. The third kappa shape index (κ3) is 2.68. The van der Waals surface area contributed by atoms with Crippen molar-refractivity contribution in [1.82, 2.24) is 4.90 Å². The maximum atomic E-state index is 12.0. The van der Waals surface area contributed by atoms with E-state index in [-0.39, 0.29) is 6.42 Å². The molecule has 1 unspecified atom stereocenters. The van der Waals surface area contributed by atoms with Gasteiger partial charge in [0, 0.05) is 11.8 Å². The molecule has 1 aliphatic heterocycles. The summed E-state index contributed by atoms with van der Waals surface area (Å²) in [6.07, 6.45) is -1.07. The summed E-state index contributed by atoms with van der Waals surface area (Å²) in [6, 6.07) is 7.35. The lowest BCUT2D eigenvalue weighted by atomic mass is 9.89. The van der Waals surface area contributed by atoms with Gasteiger partial charge in [-0.25, -0.2) is 4.79 Å². The van der Waals surface area contributed by atoms with Gasteiger partial charge in [0.1, 0.15) is 0 Å². The van der Waals surface area contributed by atoms with Crippen LogP contribution in [0.15, 0.2) is 24.3 Å². The van der Waals surface area contributed by atoms with Gasteiger partial charge in [-0.1, -0.05) is 40.2 Å². The van der Waals surface area contributed by atoms with Crippen molar-refractivity contribution in [3.8, 4) is 0 Å². The number of benzene rings is 1. The van der Waals surface area contributed by atoms with Crippen molar-refractivity contribution >= 4 is 33.8 Å². The highest BCUT2D eigenvalue weighted by molar-refractivity contribution is 9.08. The fraction of sp³-hybridized carbons (Fsp3) is 0.308. The number of carbonyl (C=O) groups is 3. The number of halogens is 1. The molecule has 1 aromatic rings. The Balaban J connectivity index is 2.26. The Labute approximate surface area is 118 Å². The third-order valence-corrected chi connectivity index (χ3v) is 3.79. The van der Waals surface area contributed by atoms with Gasteiger partial charge in [-0.3, -0.25) is 9.59 Å². The van der Waals surface area contributed by atoms with Crippen LogP contribution in [-0.2, 0) is 14.9 Å². The first-order chi connectivity index (χ1) is 9.04. The smallest absolute Gasteiger partial charge is 0.421 e. The number of likely N-dealkylation sites (tertiary alicyclic amines) is 1. The topological polar surface area (TPSA) is 74.7 Å². The Morgan fingerprint density at radius 1 is 1.32 bits per heavy atom. The van der Waals surface area contributed by atoms with E-state index in [4.69, 9.17) is 5.11 Å². The normalized spacial score (nSPS) is 19.6. The van der Waals surface area contributed by atoms with Crippen LogP contribution in [0.1, 0.15) is 29.9 Å². The molecule has 5 nitrogen and oxygen atoms in total. The molecular weight excluding hydrogens is 314 g/mol. The van der Waals surface area contributed by atoms with E-state index in [2.05, 4.69) is 15.9 Å². The first-order valence-electron chi connectivity index (χ1n) is 5.79. The number of hydrogen-bond acceptors (Lipinski definition) is 3. The predicted molar refractivity (Wildman–Crippen MR) is 70.9 cm³/mol. The summed E-state index contributed by atoms with van der Waals surface area (Å²) >= 11 is 3.33. The van der Waals surface area contributed by atoms with E-state index in [1.807, 2.05) is 12.1 Å². The van der Waals surface area contributed by atoms with Crippen molar-refractivity contribution in [1.29, 1.82) is 0 Å². The maximum Gasteiger partial charge on any atom is 0.421 e. The zero-order valence-electron chi connectivity index (χ0n) is 10.0. The largest absolute Gasteiger partial charge is 0.464 e. The average Bonchev–Trinajstić information content (AvgIpc) is 2.39. The molecule has 1 heterocycles. The van der Waals surface area contributed by atoms with Crippen LogP contribution >= 0.6 is 15.9 Å². The van der Waals surface area contributed by atoms with Gasteiger partial charge < -0.3 is 5.11 Å². The minimum atomic E-state index is -1.50. The van der Waals surface area contributed by atoms with E-state index >= 15 is 0 Å². The number of amides is 3. The fourth-order valence-electron chi connectivity index (χ4n) is 2.13. The monoisotopic (exact) mass is 325 g/mol. The number of imide groups is 3. The molecule has 1 aliphatic rings. The third-order valence-electron chi connectivity index (χ3n) is 3.14. The van der Waals surface area contributed by atoms with E-state index in [9.17, 15) is 14.4 Å². The molecule has 1 N–H and O–H groups in total. The molecule has 0 saturated carbocycles. The second kappa shape index (κ2) is 5.52. The summed E-state index contributed by atoms with van der Waals surface area (Å²) in [4.78, 5) is 34.7. The predicted octanol–water partition coefficient (Wildman–Crippen LogP) is 2.49. The quantitative estimate of drug-likeness (QED) is 0.669. The highest BCUT2D eigenvalue weighted by Gasteiger charge is 2.39. The molecule has 100 valence electrons. The average molecular weight is 326 g/mol. The molecule has 0 aliphatic carbocycles. The van der Waals surface area contributed by atoms with E-state index in [0.717, 1.165) is 11.1 Å². The summed E-state index contributed by atoms with van der Waals surface area (Å²) < 4.78 is 0. The van der Waals surface area contributed by atoms with Crippen LogP contribution in [0.3, 0.4) is 0 Å². The Hall–Kier alpha value is -1.69. The van der Waals surface area contributed by atoms with E-state index in [1.165, 1.54) is 0 Å². The highest BCUT2D eigenvalue weighted by atomic mass is 79.9. The molecular formula is C13H12BrNO4. The molecule has 19 heavy (non-hydrogen) atoms. The molecule has 1 saturated heterocycles. The number of rotatable bonds is 2. The zero-order chi connectivity index (χ0) is 14.0. The van der Waals surface area contributed by atoms with Crippen molar-refractivity contribution < 1.29 is 19.5 Å². The molecule has 0 spiro atoms. The maximum absolute atomic E-state index is 12.0. The molecule has 1 aromatic carbocycles. The Kier molecular flexibility index (Phi) is 3.99. The van der Waals surface area contributed by atoms with Gasteiger partial charge in [0.05, 0.1) is 5.92 Å². The van der Waals surface area contributed by atoms with Gasteiger partial charge in [0.15, 0.2) is 0 Å². The lowest BCUT2D eigenvalue weighted by molar-refractivity contribution is -0.146. The summed E-state index contributed by atoms with van der Waals surface area (Å²) in [7, 11) is 0. The van der Waals surface area contributed by atoms with Crippen LogP contribution in [0.2, 0.25) is 0 Å². The van der Waals surface area contributed by atoms with Gasteiger partial charge >= 0.3 is 6.09 Å². The standard InChI is InChI=1S/C13H12BrNO4/c14-7-8-1-3-9(4-2-8)10-5-6-11(16)15(12(10)17)13(18)19/h1-4,10H,5-7H2,(H,18,19).